The summed E-state index contributed by atoms with van der Waals surface area (Å²) >= 11 is 0. The van der Waals surface area contributed by atoms with Gasteiger partial charge in [0.25, 0.3) is 0 Å². The number of hydrogen-bond donors (Lipinski definition) is 6. The van der Waals surface area contributed by atoms with Crippen molar-refractivity contribution in [2.75, 3.05) is 13.2 Å². The lowest BCUT2D eigenvalue weighted by atomic mass is 10.3. The van der Waals surface area contributed by atoms with E-state index in [1.165, 1.54) is 20.8 Å². The normalized spacial score (nSPS) is 9.36. The van der Waals surface area contributed by atoms with E-state index in [2.05, 4.69) is 19.7 Å². The summed E-state index contributed by atoms with van der Waals surface area (Å²) in [6.07, 6.45) is -0.485. The van der Waals surface area contributed by atoms with Crippen molar-refractivity contribution < 1.29 is 45.0 Å². The van der Waals surface area contributed by atoms with Gasteiger partial charge >= 0.3 is 17.9 Å². The van der Waals surface area contributed by atoms with Gasteiger partial charge in [0.15, 0.2) is 0 Å². The minimum atomic E-state index is -0.935. The lowest BCUT2D eigenvalue weighted by Crippen LogP contribution is -2.12. The second-order valence-electron chi connectivity index (χ2n) is 4.61. The zero-order chi connectivity index (χ0) is 21.2. The number of carboxylic acid groups (broad SMARTS) is 3. The Balaban J connectivity index is -0.000000118. The molecule has 0 aromatic rings. The molecule has 25 heavy (non-hydrogen) atoms. The van der Waals surface area contributed by atoms with Crippen LogP contribution in [-0.2, 0) is 14.4 Å². The quantitative estimate of drug-likeness (QED) is 0.370. The van der Waals surface area contributed by atoms with Gasteiger partial charge in [-0.05, 0) is 27.2 Å². The van der Waals surface area contributed by atoms with Crippen LogP contribution in [0.2, 0.25) is 0 Å². The molecule has 0 fully saturated rings. The molecule has 0 spiro atoms. The summed E-state index contributed by atoms with van der Waals surface area (Å²) in [6.45, 7) is 13.5. The lowest BCUT2D eigenvalue weighted by molar-refractivity contribution is -0.133. The highest BCUT2D eigenvalue weighted by molar-refractivity contribution is 5.85. The Morgan fingerprint density at radius 1 is 0.760 bits per heavy atom. The summed E-state index contributed by atoms with van der Waals surface area (Å²) in [5, 5.41) is 48.3. The molecular weight excluding hydrogens is 336 g/mol. The lowest BCUT2D eigenvalue weighted by Gasteiger charge is -2.00. The minimum absolute atomic E-state index is 0.0677. The molecule has 6 N–H and O–H groups in total. The fraction of sp³-hybridized carbons (Fsp3) is 0.438. The van der Waals surface area contributed by atoms with E-state index in [9.17, 15) is 14.4 Å². The largest absolute Gasteiger partial charge is 0.478 e. The molecule has 0 radical (unpaired) electrons. The highest BCUT2D eigenvalue weighted by atomic mass is 16.4. The fourth-order valence-electron chi connectivity index (χ4n) is 0.240. The van der Waals surface area contributed by atoms with Crippen molar-refractivity contribution in [1.29, 1.82) is 0 Å². The third-order valence-electron chi connectivity index (χ3n) is 1.77. The SMILES string of the molecule is C=C(C)C(=O)O.C=C(C)C(=O)O.C=C(C)C(=O)O.OCCC(O)CO. The number of aliphatic hydroxyl groups is 3. The zero-order valence-corrected chi connectivity index (χ0v) is 14.7. The molecule has 0 aliphatic heterocycles. The summed E-state index contributed by atoms with van der Waals surface area (Å²) < 4.78 is 0. The van der Waals surface area contributed by atoms with Gasteiger partial charge in [-0.25, -0.2) is 14.4 Å². The molecule has 9 heteroatoms. The van der Waals surface area contributed by atoms with Crippen molar-refractivity contribution in [2.45, 2.75) is 33.3 Å². The van der Waals surface area contributed by atoms with E-state index in [0.717, 1.165) is 0 Å². The summed E-state index contributed by atoms with van der Waals surface area (Å²) in [4.78, 5) is 28.8. The van der Waals surface area contributed by atoms with Crippen LogP contribution in [-0.4, -0.2) is 67.9 Å². The van der Waals surface area contributed by atoms with Crippen molar-refractivity contribution in [3.05, 3.63) is 36.5 Å². The maximum absolute atomic E-state index is 9.60. The molecule has 0 aromatic heterocycles. The Kier molecular flexibility index (Phi) is 23.8. The highest BCUT2D eigenvalue weighted by Gasteiger charge is 1.96. The monoisotopic (exact) mass is 364 g/mol. The molecule has 0 bridgehead atoms. The van der Waals surface area contributed by atoms with Gasteiger partial charge in [0.05, 0.1) is 12.7 Å². The van der Waals surface area contributed by atoms with Crippen LogP contribution in [0.1, 0.15) is 27.2 Å². The van der Waals surface area contributed by atoms with Crippen molar-refractivity contribution in [3.8, 4) is 0 Å². The molecule has 0 heterocycles. The Bertz CT molecular complexity index is 359. The summed E-state index contributed by atoms with van der Waals surface area (Å²) in [7, 11) is 0. The molecular formula is C16H28O9. The molecule has 0 aliphatic rings. The first-order valence-electron chi connectivity index (χ1n) is 6.80. The molecule has 1 atom stereocenters. The molecule has 0 amide bonds. The van der Waals surface area contributed by atoms with E-state index in [-0.39, 0.29) is 36.4 Å². The molecule has 0 aromatic carbocycles. The summed E-state index contributed by atoms with van der Waals surface area (Å²) in [6, 6.07) is 0. The maximum atomic E-state index is 9.60. The van der Waals surface area contributed by atoms with Gasteiger partial charge in [0, 0.05) is 23.3 Å². The Morgan fingerprint density at radius 2 is 0.960 bits per heavy atom. The molecule has 0 saturated carbocycles. The third kappa shape index (κ3) is 38.9. The van der Waals surface area contributed by atoms with Crippen LogP contribution in [0, 0.1) is 0 Å². The predicted octanol–water partition coefficient (Wildman–Crippen LogP) is 0.663. The van der Waals surface area contributed by atoms with Gasteiger partial charge in [-0.3, -0.25) is 0 Å². The molecule has 0 aliphatic carbocycles. The van der Waals surface area contributed by atoms with Crippen LogP contribution < -0.4 is 0 Å². The Hall–Kier alpha value is -2.49. The van der Waals surface area contributed by atoms with Gasteiger partial charge in [-0.1, -0.05) is 19.7 Å². The van der Waals surface area contributed by atoms with Crippen LogP contribution in [0.4, 0.5) is 0 Å². The van der Waals surface area contributed by atoms with Gasteiger partial charge in [-0.15, -0.1) is 0 Å². The third-order valence-corrected chi connectivity index (χ3v) is 1.77. The van der Waals surface area contributed by atoms with E-state index in [1.807, 2.05) is 0 Å². The number of carboxylic acids is 3. The summed E-state index contributed by atoms with van der Waals surface area (Å²) in [5.41, 5.74) is 0.528. The van der Waals surface area contributed by atoms with Crippen LogP contribution in [0.15, 0.2) is 36.5 Å². The molecule has 146 valence electrons. The van der Waals surface area contributed by atoms with Crippen molar-refractivity contribution in [3.63, 3.8) is 0 Å². The van der Waals surface area contributed by atoms with Gasteiger partial charge in [0.2, 0.25) is 0 Å². The van der Waals surface area contributed by atoms with E-state index in [4.69, 9.17) is 30.6 Å². The number of carbonyl (C=O) groups is 3. The highest BCUT2D eigenvalue weighted by Crippen LogP contribution is 1.85. The molecule has 1 unspecified atom stereocenters. The van der Waals surface area contributed by atoms with Crippen molar-refractivity contribution >= 4 is 17.9 Å². The van der Waals surface area contributed by atoms with Crippen molar-refractivity contribution in [2.24, 2.45) is 0 Å². The number of aliphatic carboxylic acids is 3. The maximum Gasteiger partial charge on any atom is 0.330 e. The van der Waals surface area contributed by atoms with Crippen LogP contribution >= 0.6 is 0 Å². The number of hydrogen-bond acceptors (Lipinski definition) is 6. The summed E-state index contributed by atoms with van der Waals surface area (Å²) in [5.74, 6) is -2.81. The number of aliphatic hydroxyl groups excluding tert-OH is 3. The van der Waals surface area contributed by atoms with Crippen molar-refractivity contribution in [1.82, 2.24) is 0 Å². The van der Waals surface area contributed by atoms with E-state index >= 15 is 0 Å². The molecule has 0 saturated heterocycles. The standard InChI is InChI=1S/C4H10O3.3C4H6O2/c5-2-1-4(7)3-6;3*1-3(2)4(5)6/h4-7H,1-3H2;3*1H2,2H3,(H,5,6). The average Bonchev–Trinajstić information content (AvgIpc) is 2.48. The average molecular weight is 364 g/mol. The second kappa shape index (κ2) is 19.6. The van der Waals surface area contributed by atoms with Crippen LogP contribution in [0.3, 0.4) is 0 Å². The van der Waals surface area contributed by atoms with Gasteiger partial charge < -0.3 is 30.6 Å². The number of rotatable bonds is 6. The Morgan fingerprint density at radius 3 is 1.00 bits per heavy atom. The van der Waals surface area contributed by atoms with Crippen LogP contribution in [0.25, 0.3) is 0 Å². The van der Waals surface area contributed by atoms with E-state index in [0.29, 0.717) is 0 Å². The smallest absolute Gasteiger partial charge is 0.330 e. The molecule has 9 nitrogen and oxygen atoms in total. The molecule has 0 rings (SSSR count). The first kappa shape index (κ1) is 30.4. The topological polar surface area (TPSA) is 173 Å². The minimum Gasteiger partial charge on any atom is -0.478 e. The van der Waals surface area contributed by atoms with E-state index < -0.39 is 24.0 Å². The second-order valence-corrected chi connectivity index (χ2v) is 4.61. The fourth-order valence-corrected chi connectivity index (χ4v) is 0.240. The van der Waals surface area contributed by atoms with Gasteiger partial charge in [0.1, 0.15) is 0 Å². The zero-order valence-electron chi connectivity index (χ0n) is 14.7. The first-order valence-corrected chi connectivity index (χ1v) is 6.80. The Labute approximate surface area is 146 Å². The predicted molar refractivity (Wildman–Crippen MR) is 92.1 cm³/mol. The first-order chi connectivity index (χ1) is 11.2. The van der Waals surface area contributed by atoms with Gasteiger partial charge in [-0.2, -0.15) is 0 Å². The van der Waals surface area contributed by atoms with Crippen LogP contribution in [0.5, 0.6) is 0 Å². The van der Waals surface area contributed by atoms with E-state index in [1.54, 1.807) is 0 Å².